The summed E-state index contributed by atoms with van der Waals surface area (Å²) in [5.41, 5.74) is 5.97. The van der Waals surface area contributed by atoms with Gasteiger partial charge >= 0.3 is 6.03 Å². The normalized spacial score (nSPS) is 9.62. The summed E-state index contributed by atoms with van der Waals surface area (Å²) < 4.78 is 10.3. The SMILES string of the molecule is COc1ccc(CCNC(N)=O)c(OC)c1. The predicted molar refractivity (Wildman–Crippen MR) is 60.8 cm³/mol. The van der Waals surface area contributed by atoms with E-state index in [2.05, 4.69) is 5.32 Å². The second-order valence-electron chi connectivity index (χ2n) is 3.22. The van der Waals surface area contributed by atoms with Gasteiger partial charge in [0.1, 0.15) is 11.5 Å². The number of hydrogen-bond donors (Lipinski definition) is 2. The summed E-state index contributed by atoms with van der Waals surface area (Å²) in [6, 6.07) is 5.04. The van der Waals surface area contributed by atoms with E-state index in [0.29, 0.717) is 13.0 Å². The van der Waals surface area contributed by atoms with E-state index >= 15 is 0 Å². The first kappa shape index (κ1) is 12.2. The molecule has 0 aliphatic heterocycles. The number of benzene rings is 1. The molecule has 16 heavy (non-hydrogen) atoms. The fourth-order valence-electron chi connectivity index (χ4n) is 1.38. The van der Waals surface area contributed by atoms with E-state index in [1.165, 1.54) is 0 Å². The van der Waals surface area contributed by atoms with Crippen molar-refractivity contribution < 1.29 is 14.3 Å². The van der Waals surface area contributed by atoms with E-state index in [1.54, 1.807) is 20.3 Å². The molecule has 0 heterocycles. The Balaban J connectivity index is 2.68. The van der Waals surface area contributed by atoms with Gasteiger partial charge in [-0.3, -0.25) is 0 Å². The number of rotatable bonds is 5. The number of nitrogens with one attached hydrogen (secondary N) is 1. The molecule has 0 aliphatic rings. The van der Waals surface area contributed by atoms with Crippen LogP contribution >= 0.6 is 0 Å². The third-order valence-corrected chi connectivity index (χ3v) is 2.19. The van der Waals surface area contributed by atoms with E-state index in [9.17, 15) is 4.79 Å². The summed E-state index contributed by atoms with van der Waals surface area (Å²) in [6.45, 7) is 0.484. The topological polar surface area (TPSA) is 73.6 Å². The van der Waals surface area contributed by atoms with Gasteiger partial charge in [-0.15, -0.1) is 0 Å². The van der Waals surface area contributed by atoms with Crippen LogP contribution in [0.25, 0.3) is 0 Å². The van der Waals surface area contributed by atoms with E-state index in [1.807, 2.05) is 12.1 Å². The monoisotopic (exact) mass is 224 g/mol. The maximum Gasteiger partial charge on any atom is 0.312 e. The highest BCUT2D eigenvalue weighted by Gasteiger charge is 2.04. The molecule has 0 atom stereocenters. The van der Waals surface area contributed by atoms with E-state index < -0.39 is 6.03 Å². The number of primary amides is 1. The maximum atomic E-state index is 10.5. The Morgan fingerprint density at radius 2 is 2.12 bits per heavy atom. The van der Waals surface area contributed by atoms with Crippen molar-refractivity contribution in [2.45, 2.75) is 6.42 Å². The molecule has 2 amide bonds. The van der Waals surface area contributed by atoms with Gasteiger partial charge in [0.15, 0.2) is 0 Å². The first-order chi connectivity index (χ1) is 7.67. The Labute approximate surface area is 94.5 Å². The summed E-state index contributed by atoms with van der Waals surface area (Å²) in [6.07, 6.45) is 0.663. The van der Waals surface area contributed by atoms with Crippen molar-refractivity contribution in [2.24, 2.45) is 5.73 Å². The van der Waals surface area contributed by atoms with Gasteiger partial charge in [0, 0.05) is 12.6 Å². The van der Waals surface area contributed by atoms with Crippen molar-refractivity contribution in [3.63, 3.8) is 0 Å². The molecule has 3 N–H and O–H groups in total. The third kappa shape index (κ3) is 3.34. The Hall–Kier alpha value is -1.91. The molecule has 5 heteroatoms. The molecule has 0 saturated carbocycles. The quantitative estimate of drug-likeness (QED) is 0.780. The fourth-order valence-corrected chi connectivity index (χ4v) is 1.38. The summed E-state index contributed by atoms with van der Waals surface area (Å²) in [7, 11) is 3.20. The molecule has 0 saturated heterocycles. The number of nitrogens with two attached hydrogens (primary N) is 1. The summed E-state index contributed by atoms with van der Waals surface area (Å²) in [4.78, 5) is 10.5. The molecule has 0 unspecified atom stereocenters. The van der Waals surface area contributed by atoms with Gasteiger partial charge in [-0.1, -0.05) is 6.07 Å². The Kier molecular flexibility index (Phi) is 4.44. The van der Waals surface area contributed by atoms with Crippen LogP contribution in [0.4, 0.5) is 4.79 Å². The lowest BCUT2D eigenvalue weighted by molar-refractivity contribution is 0.249. The lowest BCUT2D eigenvalue weighted by Gasteiger charge is -2.10. The number of carbonyl (C=O) groups excluding carboxylic acids is 1. The molecule has 1 rings (SSSR count). The Morgan fingerprint density at radius 1 is 1.38 bits per heavy atom. The lowest BCUT2D eigenvalue weighted by Crippen LogP contribution is -2.30. The van der Waals surface area contributed by atoms with Gasteiger partial charge in [0.25, 0.3) is 0 Å². The zero-order chi connectivity index (χ0) is 12.0. The highest BCUT2D eigenvalue weighted by molar-refractivity contribution is 5.71. The molecule has 0 radical (unpaired) electrons. The largest absolute Gasteiger partial charge is 0.497 e. The average molecular weight is 224 g/mol. The van der Waals surface area contributed by atoms with Crippen molar-refractivity contribution in [3.8, 4) is 11.5 Å². The van der Waals surface area contributed by atoms with Crippen LogP contribution in [-0.2, 0) is 6.42 Å². The minimum absolute atomic E-state index is 0.484. The molecule has 0 aliphatic carbocycles. The van der Waals surface area contributed by atoms with Crippen molar-refractivity contribution in [3.05, 3.63) is 23.8 Å². The molecule has 0 fully saturated rings. The Morgan fingerprint density at radius 3 is 2.69 bits per heavy atom. The van der Waals surface area contributed by atoms with Gasteiger partial charge in [-0.25, -0.2) is 4.79 Å². The molecule has 1 aromatic carbocycles. The third-order valence-electron chi connectivity index (χ3n) is 2.19. The standard InChI is InChI=1S/C11H16N2O3/c1-15-9-4-3-8(10(7-9)16-2)5-6-13-11(12)14/h3-4,7H,5-6H2,1-2H3,(H3,12,13,14). The molecule has 0 aromatic heterocycles. The van der Waals surface area contributed by atoms with Crippen LogP contribution in [0, 0.1) is 0 Å². The van der Waals surface area contributed by atoms with Crippen molar-refractivity contribution >= 4 is 6.03 Å². The minimum atomic E-state index is -0.521. The van der Waals surface area contributed by atoms with Gasteiger partial charge in [0.05, 0.1) is 14.2 Å². The van der Waals surface area contributed by atoms with Crippen LogP contribution < -0.4 is 20.5 Å². The van der Waals surface area contributed by atoms with Gasteiger partial charge < -0.3 is 20.5 Å². The predicted octanol–water partition coefficient (Wildman–Crippen LogP) is 0.915. The Bertz CT molecular complexity index is 366. The molecular weight excluding hydrogens is 208 g/mol. The second kappa shape index (κ2) is 5.85. The first-order valence-electron chi connectivity index (χ1n) is 4.91. The molecule has 0 bridgehead atoms. The smallest absolute Gasteiger partial charge is 0.312 e. The minimum Gasteiger partial charge on any atom is -0.497 e. The van der Waals surface area contributed by atoms with Crippen LogP contribution in [-0.4, -0.2) is 26.8 Å². The van der Waals surface area contributed by atoms with Crippen LogP contribution in [0.5, 0.6) is 11.5 Å². The summed E-state index contributed by atoms with van der Waals surface area (Å²) in [5.74, 6) is 1.48. The van der Waals surface area contributed by atoms with Crippen molar-refractivity contribution in [2.75, 3.05) is 20.8 Å². The van der Waals surface area contributed by atoms with Crippen molar-refractivity contribution in [1.82, 2.24) is 5.32 Å². The zero-order valence-corrected chi connectivity index (χ0v) is 9.45. The maximum absolute atomic E-state index is 10.5. The van der Waals surface area contributed by atoms with Crippen molar-refractivity contribution in [1.29, 1.82) is 0 Å². The van der Waals surface area contributed by atoms with Gasteiger partial charge in [-0.05, 0) is 18.1 Å². The molecule has 0 spiro atoms. The van der Waals surface area contributed by atoms with Crippen LogP contribution in [0.2, 0.25) is 0 Å². The fraction of sp³-hybridized carbons (Fsp3) is 0.364. The highest BCUT2D eigenvalue weighted by Crippen LogP contribution is 2.24. The number of amides is 2. The summed E-state index contributed by atoms with van der Waals surface area (Å²) in [5, 5.41) is 2.53. The van der Waals surface area contributed by atoms with Crippen LogP contribution in [0.1, 0.15) is 5.56 Å². The number of urea groups is 1. The van der Waals surface area contributed by atoms with Gasteiger partial charge in [0.2, 0.25) is 0 Å². The average Bonchev–Trinajstić information content (AvgIpc) is 2.29. The second-order valence-corrected chi connectivity index (χ2v) is 3.22. The molecule has 5 nitrogen and oxygen atoms in total. The number of ether oxygens (including phenoxy) is 2. The van der Waals surface area contributed by atoms with Gasteiger partial charge in [-0.2, -0.15) is 0 Å². The summed E-state index contributed by atoms with van der Waals surface area (Å²) >= 11 is 0. The number of hydrogen-bond acceptors (Lipinski definition) is 3. The van der Waals surface area contributed by atoms with E-state index in [-0.39, 0.29) is 0 Å². The van der Waals surface area contributed by atoms with Crippen LogP contribution in [0.3, 0.4) is 0 Å². The van der Waals surface area contributed by atoms with E-state index in [4.69, 9.17) is 15.2 Å². The highest BCUT2D eigenvalue weighted by atomic mass is 16.5. The first-order valence-corrected chi connectivity index (χ1v) is 4.91. The molecular formula is C11H16N2O3. The number of methoxy groups -OCH3 is 2. The van der Waals surface area contributed by atoms with E-state index in [0.717, 1.165) is 17.1 Å². The molecule has 1 aromatic rings. The zero-order valence-electron chi connectivity index (χ0n) is 9.45. The number of carbonyl (C=O) groups is 1. The molecule has 88 valence electrons. The van der Waals surface area contributed by atoms with Crippen LogP contribution in [0.15, 0.2) is 18.2 Å². The lowest BCUT2D eigenvalue weighted by atomic mass is 10.1.